The summed E-state index contributed by atoms with van der Waals surface area (Å²) in [6.45, 7) is 3.24. The minimum Gasteiger partial charge on any atom is -0.454 e. The molecule has 6 heterocycles. The molecule has 0 unspecified atom stereocenters. The number of ether oxygens (including phenoxy) is 2. The number of carbonyl (C=O) groups excluding carboxylic acids is 1. The largest absolute Gasteiger partial charge is 0.454 e. The summed E-state index contributed by atoms with van der Waals surface area (Å²) in [5, 5.41) is 0. The zero-order valence-corrected chi connectivity index (χ0v) is 16.2. The Morgan fingerprint density at radius 1 is 1.07 bits per heavy atom. The molecule has 1 amide bonds. The van der Waals surface area contributed by atoms with Crippen LogP contribution in [0.2, 0.25) is 0 Å². The molecule has 4 saturated heterocycles. The molecule has 5 aliphatic heterocycles. The van der Waals surface area contributed by atoms with Crippen LogP contribution in [0.25, 0.3) is 0 Å². The molecule has 150 valence electrons. The van der Waals surface area contributed by atoms with Gasteiger partial charge in [-0.25, -0.2) is 4.98 Å². The third kappa shape index (κ3) is 2.60. The first-order valence-corrected chi connectivity index (χ1v) is 10.3. The number of fused-ring (bicyclic) bond motifs is 3. The highest BCUT2D eigenvalue weighted by molar-refractivity contribution is 5.94. The van der Waals surface area contributed by atoms with Crippen molar-refractivity contribution in [3.05, 3.63) is 47.7 Å². The summed E-state index contributed by atoms with van der Waals surface area (Å²) in [7, 11) is 0. The van der Waals surface area contributed by atoms with Crippen LogP contribution in [0.15, 0.2) is 36.5 Å². The average molecular weight is 392 g/mol. The van der Waals surface area contributed by atoms with Crippen LogP contribution in [0.3, 0.4) is 0 Å². The van der Waals surface area contributed by atoms with Gasteiger partial charge in [0.15, 0.2) is 11.5 Å². The Kier molecular flexibility index (Phi) is 3.74. The Bertz CT molecular complexity index is 955. The van der Waals surface area contributed by atoms with Crippen molar-refractivity contribution in [1.29, 1.82) is 0 Å². The second-order valence-corrected chi connectivity index (χ2v) is 8.50. The van der Waals surface area contributed by atoms with Gasteiger partial charge >= 0.3 is 0 Å². The molecule has 1 aromatic heterocycles. The number of nitrogens with zero attached hydrogens (tertiary/aromatic N) is 3. The molecule has 0 saturated carbocycles. The zero-order valence-electron chi connectivity index (χ0n) is 16.2. The molecule has 2 N–H and O–H groups in total. The number of hydrogen-bond acceptors (Lipinski definition) is 6. The van der Waals surface area contributed by atoms with Crippen LogP contribution in [0.5, 0.6) is 11.5 Å². The molecular formula is C22H24N4O3. The van der Waals surface area contributed by atoms with Gasteiger partial charge in [0, 0.05) is 24.7 Å². The SMILES string of the molecule is Nc1ccc(C(=O)N2C[C@@H](c3ccc4c(c3)OCO4)[C@@H]3[C@H]2C2CCN3CC2)cn1. The molecule has 0 radical (unpaired) electrons. The summed E-state index contributed by atoms with van der Waals surface area (Å²) in [6, 6.07) is 10.3. The number of carbonyl (C=O) groups is 1. The van der Waals surface area contributed by atoms with Gasteiger partial charge in [-0.2, -0.15) is 0 Å². The number of nitrogen functional groups attached to an aromatic ring is 1. The Balaban J connectivity index is 1.37. The summed E-state index contributed by atoms with van der Waals surface area (Å²) in [5.74, 6) is 2.93. The normalized spacial score (nSPS) is 31.7. The predicted octanol–water partition coefficient (Wildman–Crippen LogP) is 2.09. The highest BCUT2D eigenvalue weighted by atomic mass is 16.7. The molecule has 1 aromatic carbocycles. The van der Waals surface area contributed by atoms with E-state index in [0.29, 0.717) is 29.9 Å². The third-order valence-electron chi connectivity index (χ3n) is 7.11. The van der Waals surface area contributed by atoms with E-state index in [1.165, 1.54) is 18.4 Å². The van der Waals surface area contributed by atoms with Gasteiger partial charge in [-0.3, -0.25) is 9.69 Å². The van der Waals surface area contributed by atoms with E-state index in [9.17, 15) is 4.79 Å². The molecule has 29 heavy (non-hydrogen) atoms. The average Bonchev–Trinajstić information content (AvgIpc) is 3.40. The topological polar surface area (TPSA) is 80.9 Å². The van der Waals surface area contributed by atoms with Crippen LogP contribution >= 0.6 is 0 Å². The number of pyridine rings is 1. The van der Waals surface area contributed by atoms with Crippen molar-refractivity contribution in [3.63, 3.8) is 0 Å². The van der Waals surface area contributed by atoms with Crippen molar-refractivity contribution < 1.29 is 14.3 Å². The van der Waals surface area contributed by atoms with Crippen LogP contribution in [0, 0.1) is 5.92 Å². The van der Waals surface area contributed by atoms with E-state index in [1.807, 2.05) is 6.07 Å². The van der Waals surface area contributed by atoms with E-state index in [2.05, 4.69) is 26.9 Å². The highest BCUT2D eigenvalue weighted by Crippen LogP contribution is 2.48. The fourth-order valence-corrected chi connectivity index (χ4v) is 5.79. The van der Waals surface area contributed by atoms with Gasteiger partial charge in [0.25, 0.3) is 5.91 Å². The van der Waals surface area contributed by atoms with Crippen LogP contribution in [0.4, 0.5) is 5.82 Å². The maximum absolute atomic E-state index is 13.4. The second-order valence-electron chi connectivity index (χ2n) is 8.50. The van der Waals surface area contributed by atoms with Crippen LogP contribution in [-0.4, -0.2) is 59.2 Å². The number of amides is 1. The lowest BCUT2D eigenvalue weighted by atomic mass is 9.75. The number of nitrogens with two attached hydrogens (primary N) is 1. The molecule has 0 spiro atoms. The second kappa shape index (κ2) is 6.35. The van der Waals surface area contributed by atoms with E-state index >= 15 is 0 Å². The number of likely N-dealkylation sites (tertiary alicyclic amines) is 1. The summed E-state index contributed by atoms with van der Waals surface area (Å²) in [6.07, 6.45) is 3.93. The lowest BCUT2D eigenvalue weighted by Gasteiger charge is -2.51. The van der Waals surface area contributed by atoms with Crippen molar-refractivity contribution in [3.8, 4) is 11.5 Å². The Morgan fingerprint density at radius 2 is 1.90 bits per heavy atom. The zero-order chi connectivity index (χ0) is 19.5. The van der Waals surface area contributed by atoms with Crippen LogP contribution in [-0.2, 0) is 0 Å². The summed E-state index contributed by atoms with van der Waals surface area (Å²) in [5.41, 5.74) is 7.55. The number of rotatable bonds is 2. The van der Waals surface area contributed by atoms with E-state index in [4.69, 9.17) is 15.2 Å². The fourth-order valence-electron chi connectivity index (χ4n) is 5.79. The van der Waals surface area contributed by atoms with Crippen molar-refractivity contribution in [2.45, 2.75) is 30.8 Å². The number of aromatic nitrogens is 1. The van der Waals surface area contributed by atoms with Gasteiger partial charge in [0.1, 0.15) is 5.82 Å². The summed E-state index contributed by atoms with van der Waals surface area (Å²) in [4.78, 5) is 22.3. The fraction of sp³-hybridized carbons (Fsp3) is 0.455. The van der Waals surface area contributed by atoms with Crippen molar-refractivity contribution >= 4 is 11.7 Å². The number of benzene rings is 1. The van der Waals surface area contributed by atoms with Gasteiger partial charge in [-0.1, -0.05) is 6.07 Å². The van der Waals surface area contributed by atoms with Crippen molar-refractivity contribution in [2.75, 3.05) is 32.2 Å². The molecule has 3 atom stereocenters. The smallest absolute Gasteiger partial charge is 0.255 e. The van der Waals surface area contributed by atoms with E-state index in [-0.39, 0.29) is 24.7 Å². The predicted molar refractivity (Wildman–Crippen MR) is 107 cm³/mol. The number of piperidine rings is 3. The molecule has 4 fully saturated rings. The standard InChI is InChI=1S/C22H24N4O3/c23-19-4-2-15(10-24-19)22(27)26-11-16(14-1-3-17-18(9-14)29-12-28-17)21-20(26)13-5-7-25(21)8-6-13/h1-4,9-10,13,16,20-21H,5-8,11-12H2,(H2,23,24)/t16-,20+,21+/m0/s1. The highest BCUT2D eigenvalue weighted by Gasteiger charge is 2.54. The lowest BCUT2D eigenvalue weighted by molar-refractivity contribution is -0.00342. The van der Waals surface area contributed by atoms with Gasteiger partial charge < -0.3 is 20.1 Å². The monoisotopic (exact) mass is 392 g/mol. The first-order valence-electron chi connectivity index (χ1n) is 10.3. The van der Waals surface area contributed by atoms with E-state index in [0.717, 1.165) is 24.6 Å². The summed E-state index contributed by atoms with van der Waals surface area (Å²) >= 11 is 0. The Labute approximate surface area is 169 Å². The Hall–Kier alpha value is -2.80. The van der Waals surface area contributed by atoms with Gasteiger partial charge in [-0.15, -0.1) is 0 Å². The van der Waals surface area contributed by atoms with Crippen LogP contribution < -0.4 is 15.2 Å². The lowest BCUT2D eigenvalue weighted by Crippen LogP contribution is -2.60. The number of anilines is 1. The Morgan fingerprint density at radius 3 is 2.69 bits per heavy atom. The van der Waals surface area contributed by atoms with Gasteiger partial charge in [0.05, 0.1) is 11.6 Å². The summed E-state index contributed by atoms with van der Waals surface area (Å²) < 4.78 is 11.1. The van der Waals surface area contributed by atoms with Gasteiger partial charge in [-0.05, 0) is 61.7 Å². The molecular weight excluding hydrogens is 368 g/mol. The van der Waals surface area contributed by atoms with Gasteiger partial charge in [0.2, 0.25) is 6.79 Å². The molecule has 2 bridgehead atoms. The third-order valence-corrected chi connectivity index (χ3v) is 7.11. The molecule has 7 heteroatoms. The molecule has 0 aliphatic carbocycles. The van der Waals surface area contributed by atoms with Crippen molar-refractivity contribution in [2.24, 2.45) is 5.92 Å². The maximum atomic E-state index is 13.4. The van der Waals surface area contributed by atoms with E-state index in [1.54, 1.807) is 18.3 Å². The first-order chi connectivity index (χ1) is 14.2. The molecule has 7 rings (SSSR count). The molecule has 2 aromatic rings. The maximum Gasteiger partial charge on any atom is 0.255 e. The first kappa shape index (κ1) is 17.1. The minimum absolute atomic E-state index is 0.0597. The molecule has 7 nitrogen and oxygen atoms in total. The number of hydrogen-bond donors (Lipinski definition) is 1. The van der Waals surface area contributed by atoms with Crippen LogP contribution in [0.1, 0.15) is 34.7 Å². The van der Waals surface area contributed by atoms with E-state index < -0.39 is 0 Å². The van der Waals surface area contributed by atoms with Crippen molar-refractivity contribution in [1.82, 2.24) is 14.8 Å². The minimum atomic E-state index is 0.0597. The molecule has 5 aliphatic rings. The quantitative estimate of drug-likeness (QED) is 0.843.